The zero-order valence-corrected chi connectivity index (χ0v) is 16.7. The molecule has 7 heteroatoms. The monoisotopic (exact) mass is 397 g/mol. The third kappa shape index (κ3) is 4.31. The summed E-state index contributed by atoms with van der Waals surface area (Å²) in [6.45, 7) is 5.77. The van der Waals surface area contributed by atoms with E-state index in [0.29, 0.717) is 43.0 Å². The number of carbonyl (C=O) groups excluding carboxylic acids is 3. The first-order chi connectivity index (χ1) is 13.5. The Morgan fingerprint density at radius 3 is 2.11 bits per heavy atom. The first-order valence-corrected chi connectivity index (χ1v) is 10.1. The van der Waals surface area contributed by atoms with Crippen molar-refractivity contribution in [2.24, 2.45) is 0 Å². The van der Waals surface area contributed by atoms with E-state index in [1.165, 1.54) is 22.3 Å². The summed E-state index contributed by atoms with van der Waals surface area (Å²) >= 11 is 1.50. The smallest absolute Gasteiger partial charge is 0.254 e. The Morgan fingerprint density at radius 2 is 1.57 bits per heavy atom. The number of benzene rings is 1. The zero-order valence-electron chi connectivity index (χ0n) is 15.8. The molecule has 0 atom stereocenters. The maximum absolute atomic E-state index is 12.9. The van der Waals surface area contributed by atoms with E-state index < -0.39 is 0 Å². The number of hydrogen-bond acceptors (Lipinski definition) is 4. The van der Waals surface area contributed by atoms with Crippen LogP contribution in [0.4, 0.5) is 5.69 Å². The summed E-state index contributed by atoms with van der Waals surface area (Å²) in [5.74, 6) is -0.245. The topological polar surface area (TPSA) is 60.9 Å². The second-order valence-electron chi connectivity index (χ2n) is 6.60. The molecular formula is C21H23N3O3S. The SMILES string of the molecule is C=CC(=O)N(C)c1ccc(C(=O)N2CCCN(C(=O)c3ccsc3)CC2)cc1. The first kappa shape index (κ1) is 19.8. The maximum atomic E-state index is 12.9. The predicted octanol–water partition coefficient (Wildman–Crippen LogP) is 2.89. The molecule has 1 fully saturated rings. The highest BCUT2D eigenvalue weighted by Crippen LogP contribution is 2.17. The Morgan fingerprint density at radius 1 is 0.964 bits per heavy atom. The van der Waals surface area contributed by atoms with E-state index >= 15 is 0 Å². The van der Waals surface area contributed by atoms with Crippen molar-refractivity contribution in [2.45, 2.75) is 6.42 Å². The maximum Gasteiger partial charge on any atom is 0.254 e. The summed E-state index contributed by atoms with van der Waals surface area (Å²) in [6.07, 6.45) is 2.00. The molecule has 0 saturated carbocycles. The summed E-state index contributed by atoms with van der Waals surface area (Å²) in [5.41, 5.74) is 1.98. The molecule has 0 bridgehead atoms. The fourth-order valence-electron chi connectivity index (χ4n) is 3.17. The summed E-state index contributed by atoms with van der Waals surface area (Å²) in [4.78, 5) is 42.1. The molecule has 1 aromatic carbocycles. The van der Waals surface area contributed by atoms with Crippen molar-refractivity contribution < 1.29 is 14.4 Å². The standard InChI is InChI=1S/C21H23N3O3S/c1-3-19(25)22(2)18-7-5-16(6-8-18)20(26)23-10-4-11-24(13-12-23)21(27)17-9-14-28-15-17/h3,5-9,14-15H,1,4,10-13H2,2H3. The van der Waals surface area contributed by atoms with E-state index in [-0.39, 0.29) is 17.7 Å². The minimum Gasteiger partial charge on any atom is -0.337 e. The van der Waals surface area contributed by atoms with Gasteiger partial charge in [0.1, 0.15) is 0 Å². The van der Waals surface area contributed by atoms with Crippen molar-refractivity contribution in [2.75, 3.05) is 38.1 Å². The Hall–Kier alpha value is -2.93. The number of amides is 3. The minimum atomic E-state index is -0.207. The number of carbonyl (C=O) groups is 3. The molecule has 2 heterocycles. The molecule has 0 unspecified atom stereocenters. The summed E-state index contributed by atoms with van der Waals surface area (Å²) in [5, 5.41) is 3.75. The van der Waals surface area contributed by atoms with Crippen LogP contribution in [-0.2, 0) is 4.79 Å². The molecule has 0 aliphatic carbocycles. The second-order valence-corrected chi connectivity index (χ2v) is 7.38. The Kier molecular flexibility index (Phi) is 6.26. The Bertz CT molecular complexity index is 862. The van der Waals surface area contributed by atoms with E-state index in [4.69, 9.17) is 0 Å². The lowest BCUT2D eigenvalue weighted by Crippen LogP contribution is -2.37. The normalized spacial score (nSPS) is 14.3. The number of thiophene rings is 1. The van der Waals surface area contributed by atoms with Crippen LogP contribution in [0.2, 0.25) is 0 Å². The van der Waals surface area contributed by atoms with Crippen molar-refractivity contribution in [3.05, 3.63) is 64.9 Å². The van der Waals surface area contributed by atoms with Crippen LogP contribution in [0.25, 0.3) is 0 Å². The number of nitrogens with zero attached hydrogens (tertiary/aromatic N) is 3. The fourth-order valence-corrected chi connectivity index (χ4v) is 3.80. The van der Waals surface area contributed by atoms with Gasteiger partial charge in [0, 0.05) is 49.9 Å². The van der Waals surface area contributed by atoms with E-state index in [0.717, 1.165) is 6.42 Å². The van der Waals surface area contributed by atoms with Crippen LogP contribution in [0.1, 0.15) is 27.1 Å². The fraction of sp³-hybridized carbons (Fsp3) is 0.286. The van der Waals surface area contributed by atoms with Gasteiger partial charge in [-0.25, -0.2) is 0 Å². The largest absolute Gasteiger partial charge is 0.337 e. The molecule has 0 radical (unpaired) electrons. The molecule has 146 valence electrons. The number of likely N-dealkylation sites (N-methyl/N-ethyl adjacent to an activating group) is 1. The van der Waals surface area contributed by atoms with Gasteiger partial charge in [0.25, 0.3) is 11.8 Å². The van der Waals surface area contributed by atoms with Gasteiger partial charge in [-0.3, -0.25) is 14.4 Å². The van der Waals surface area contributed by atoms with Crippen LogP contribution < -0.4 is 4.90 Å². The summed E-state index contributed by atoms with van der Waals surface area (Å²) < 4.78 is 0. The lowest BCUT2D eigenvalue weighted by Gasteiger charge is -2.22. The van der Waals surface area contributed by atoms with Gasteiger partial charge in [-0.1, -0.05) is 6.58 Å². The van der Waals surface area contributed by atoms with Crippen LogP contribution in [0, 0.1) is 0 Å². The van der Waals surface area contributed by atoms with Crippen molar-refractivity contribution in [3.63, 3.8) is 0 Å². The molecule has 3 amide bonds. The van der Waals surface area contributed by atoms with Crippen LogP contribution >= 0.6 is 11.3 Å². The van der Waals surface area contributed by atoms with Crippen molar-refractivity contribution in [1.82, 2.24) is 9.80 Å². The quantitative estimate of drug-likeness (QED) is 0.746. The number of anilines is 1. The molecule has 1 aromatic heterocycles. The predicted molar refractivity (Wildman–Crippen MR) is 111 cm³/mol. The average Bonchev–Trinajstić information content (AvgIpc) is 3.16. The number of hydrogen-bond donors (Lipinski definition) is 0. The third-order valence-corrected chi connectivity index (χ3v) is 5.53. The second kappa shape index (κ2) is 8.84. The van der Waals surface area contributed by atoms with Gasteiger partial charge >= 0.3 is 0 Å². The molecule has 3 rings (SSSR count). The van der Waals surface area contributed by atoms with Crippen molar-refractivity contribution in [1.29, 1.82) is 0 Å². The molecule has 2 aromatic rings. The lowest BCUT2D eigenvalue weighted by molar-refractivity contribution is -0.113. The van der Waals surface area contributed by atoms with E-state index in [2.05, 4.69) is 6.58 Å². The van der Waals surface area contributed by atoms with Crippen molar-refractivity contribution in [3.8, 4) is 0 Å². The van der Waals surface area contributed by atoms with E-state index in [1.54, 1.807) is 36.2 Å². The van der Waals surface area contributed by atoms with Gasteiger partial charge in [-0.2, -0.15) is 11.3 Å². The van der Waals surface area contributed by atoms with Gasteiger partial charge in [0.15, 0.2) is 0 Å². The molecule has 0 spiro atoms. The summed E-state index contributed by atoms with van der Waals surface area (Å²) in [7, 11) is 1.66. The van der Waals surface area contributed by atoms with Crippen LogP contribution in [0.5, 0.6) is 0 Å². The first-order valence-electron chi connectivity index (χ1n) is 9.12. The van der Waals surface area contributed by atoms with Gasteiger partial charge in [-0.15, -0.1) is 0 Å². The van der Waals surface area contributed by atoms with Gasteiger partial charge < -0.3 is 14.7 Å². The van der Waals surface area contributed by atoms with Crippen LogP contribution in [0.3, 0.4) is 0 Å². The molecule has 0 N–H and O–H groups in total. The van der Waals surface area contributed by atoms with E-state index in [9.17, 15) is 14.4 Å². The number of rotatable bonds is 4. The van der Waals surface area contributed by atoms with Gasteiger partial charge in [0.05, 0.1) is 5.56 Å². The molecular weight excluding hydrogens is 374 g/mol. The van der Waals surface area contributed by atoms with E-state index in [1.807, 2.05) is 21.7 Å². The summed E-state index contributed by atoms with van der Waals surface area (Å²) in [6, 6.07) is 8.78. The Balaban J connectivity index is 1.64. The highest BCUT2D eigenvalue weighted by Gasteiger charge is 2.23. The Labute approximate surface area is 168 Å². The third-order valence-electron chi connectivity index (χ3n) is 4.85. The van der Waals surface area contributed by atoms with Crippen molar-refractivity contribution >= 4 is 34.7 Å². The molecule has 6 nitrogen and oxygen atoms in total. The van der Waals surface area contributed by atoms with Gasteiger partial charge in [-0.05, 0) is 48.2 Å². The molecule has 28 heavy (non-hydrogen) atoms. The highest BCUT2D eigenvalue weighted by atomic mass is 32.1. The molecule has 1 aliphatic rings. The zero-order chi connectivity index (χ0) is 20.1. The molecule has 1 aliphatic heterocycles. The minimum absolute atomic E-state index is 0.0230. The lowest BCUT2D eigenvalue weighted by atomic mass is 10.1. The average molecular weight is 398 g/mol. The van der Waals surface area contributed by atoms with Crippen LogP contribution in [-0.4, -0.2) is 60.7 Å². The van der Waals surface area contributed by atoms with Gasteiger partial charge in [0.2, 0.25) is 5.91 Å². The highest BCUT2D eigenvalue weighted by molar-refractivity contribution is 7.08. The van der Waals surface area contributed by atoms with Crippen LogP contribution in [0.15, 0.2) is 53.7 Å². The molecule has 1 saturated heterocycles.